The van der Waals surface area contributed by atoms with Gasteiger partial charge < -0.3 is 15.1 Å². The zero-order chi connectivity index (χ0) is 19.2. The largest absolute Gasteiger partial charge is 0.357 e. The molecular weight excluding hydrogens is 326 g/mol. The first-order valence-electron chi connectivity index (χ1n) is 10.5. The van der Waals surface area contributed by atoms with Crippen molar-refractivity contribution in [1.29, 1.82) is 0 Å². The molecule has 1 heterocycles. The number of nitrogens with zero attached hydrogens (tertiary/aromatic N) is 4. The lowest BCUT2D eigenvalue weighted by molar-refractivity contribution is -0.138. The maximum atomic E-state index is 12.8. The molecule has 26 heavy (non-hydrogen) atoms. The van der Waals surface area contributed by atoms with E-state index in [2.05, 4.69) is 35.9 Å². The standard InChI is InChI=1S/C20H39N5O/c1-6-21-19(25-14-11-17(15-25)24(7-2)8-3)22-16-20(12-9-10-13-20)18(26)23(4)5/h17H,6-16H2,1-5H3,(H,21,22). The van der Waals surface area contributed by atoms with Crippen LogP contribution in [0.4, 0.5) is 0 Å². The molecule has 1 aliphatic heterocycles. The summed E-state index contributed by atoms with van der Waals surface area (Å²) in [6.07, 6.45) is 5.40. The number of nitrogens with one attached hydrogen (secondary N) is 1. The van der Waals surface area contributed by atoms with Crippen LogP contribution in [0.25, 0.3) is 0 Å². The molecule has 0 spiro atoms. The predicted octanol–water partition coefficient (Wildman–Crippen LogP) is 2.02. The topological polar surface area (TPSA) is 51.2 Å². The van der Waals surface area contributed by atoms with Crippen LogP contribution in [0.5, 0.6) is 0 Å². The normalized spacial score (nSPS) is 22.9. The summed E-state index contributed by atoms with van der Waals surface area (Å²) in [7, 11) is 3.74. The van der Waals surface area contributed by atoms with Gasteiger partial charge in [0, 0.05) is 39.8 Å². The smallest absolute Gasteiger partial charge is 0.230 e. The molecule has 1 saturated carbocycles. The highest BCUT2D eigenvalue weighted by atomic mass is 16.2. The first-order valence-corrected chi connectivity index (χ1v) is 10.5. The summed E-state index contributed by atoms with van der Waals surface area (Å²) in [6, 6.07) is 0.609. The number of carbonyl (C=O) groups is 1. The molecule has 6 heteroatoms. The van der Waals surface area contributed by atoms with Crippen molar-refractivity contribution in [3.8, 4) is 0 Å². The zero-order valence-corrected chi connectivity index (χ0v) is 17.6. The molecule has 0 aromatic heterocycles. The number of likely N-dealkylation sites (N-methyl/N-ethyl adjacent to an activating group) is 1. The molecule has 1 unspecified atom stereocenters. The van der Waals surface area contributed by atoms with E-state index >= 15 is 0 Å². The summed E-state index contributed by atoms with van der Waals surface area (Å²) >= 11 is 0. The molecule has 0 aromatic rings. The van der Waals surface area contributed by atoms with E-state index in [-0.39, 0.29) is 11.3 Å². The van der Waals surface area contributed by atoms with E-state index in [4.69, 9.17) is 4.99 Å². The minimum absolute atomic E-state index is 0.247. The second kappa shape index (κ2) is 9.58. The van der Waals surface area contributed by atoms with Gasteiger partial charge in [-0.15, -0.1) is 0 Å². The minimum Gasteiger partial charge on any atom is -0.357 e. The highest BCUT2D eigenvalue weighted by Crippen LogP contribution is 2.39. The first-order chi connectivity index (χ1) is 12.5. The molecule has 0 aromatic carbocycles. The van der Waals surface area contributed by atoms with Crippen LogP contribution >= 0.6 is 0 Å². The molecule has 1 atom stereocenters. The number of aliphatic imine (C=N–C) groups is 1. The molecule has 2 fully saturated rings. The number of rotatable bonds is 7. The number of hydrogen-bond donors (Lipinski definition) is 1. The predicted molar refractivity (Wildman–Crippen MR) is 108 cm³/mol. The Morgan fingerprint density at radius 2 is 1.85 bits per heavy atom. The van der Waals surface area contributed by atoms with Gasteiger partial charge in [-0.2, -0.15) is 0 Å². The van der Waals surface area contributed by atoms with Crippen molar-refractivity contribution in [2.45, 2.75) is 58.9 Å². The highest BCUT2D eigenvalue weighted by molar-refractivity contribution is 5.84. The fraction of sp³-hybridized carbons (Fsp3) is 0.900. The van der Waals surface area contributed by atoms with Crippen LogP contribution in [0.3, 0.4) is 0 Å². The van der Waals surface area contributed by atoms with Gasteiger partial charge in [0.2, 0.25) is 5.91 Å². The molecule has 1 saturated heterocycles. The van der Waals surface area contributed by atoms with Crippen molar-refractivity contribution >= 4 is 11.9 Å². The summed E-state index contributed by atoms with van der Waals surface area (Å²) in [5, 5.41) is 3.46. The highest BCUT2D eigenvalue weighted by Gasteiger charge is 2.42. The molecule has 0 radical (unpaired) electrons. The molecular formula is C20H39N5O. The van der Waals surface area contributed by atoms with Gasteiger partial charge in [-0.1, -0.05) is 26.7 Å². The minimum atomic E-state index is -0.290. The molecule has 1 amide bonds. The number of hydrogen-bond acceptors (Lipinski definition) is 3. The summed E-state index contributed by atoms with van der Waals surface area (Å²) in [6.45, 7) is 12.3. The van der Waals surface area contributed by atoms with E-state index in [0.29, 0.717) is 12.6 Å². The Morgan fingerprint density at radius 3 is 2.38 bits per heavy atom. The van der Waals surface area contributed by atoms with Crippen molar-refractivity contribution in [2.75, 3.05) is 53.4 Å². The monoisotopic (exact) mass is 365 g/mol. The van der Waals surface area contributed by atoms with E-state index in [9.17, 15) is 4.79 Å². The molecule has 1 N–H and O–H groups in total. The van der Waals surface area contributed by atoms with Crippen LogP contribution in [0.1, 0.15) is 52.9 Å². The van der Waals surface area contributed by atoms with Crippen LogP contribution in [-0.2, 0) is 4.79 Å². The van der Waals surface area contributed by atoms with Crippen LogP contribution in [0.15, 0.2) is 4.99 Å². The number of likely N-dealkylation sites (tertiary alicyclic amines) is 1. The molecule has 150 valence electrons. The Morgan fingerprint density at radius 1 is 1.19 bits per heavy atom. The van der Waals surface area contributed by atoms with Crippen LogP contribution in [-0.4, -0.2) is 86.0 Å². The van der Waals surface area contributed by atoms with E-state index < -0.39 is 0 Å². The Bertz CT molecular complexity index is 481. The van der Waals surface area contributed by atoms with Crippen molar-refractivity contribution in [2.24, 2.45) is 10.4 Å². The molecule has 2 rings (SSSR count). The Balaban J connectivity index is 2.10. The molecule has 0 bridgehead atoms. The maximum Gasteiger partial charge on any atom is 0.230 e. The van der Waals surface area contributed by atoms with Crippen molar-refractivity contribution < 1.29 is 4.79 Å². The van der Waals surface area contributed by atoms with Gasteiger partial charge in [0.1, 0.15) is 0 Å². The molecule has 6 nitrogen and oxygen atoms in total. The van der Waals surface area contributed by atoms with Crippen molar-refractivity contribution in [3.63, 3.8) is 0 Å². The average Bonchev–Trinajstić information content (AvgIpc) is 3.29. The fourth-order valence-electron chi connectivity index (χ4n) is 4.59. The second-order valence-electron chi connectivity index (χ2n) is 7.97. The summed E-state index contributed by atoms with van der Waals surface area (Å²) in [4.78, 5) is 24.4. The summed E-state index contributed by atoms with van der Waals surface area (Å²) < 4.78 is 0. The quantitative estimate of drug-likeness (QED) is 0.554. The number of amides is 1. The van der Waals surface area contributed by atoms with Gasteiger partial charge in [0.15, 0.2) is 5.96 Å². The number of guanidine groups is 1. The van der Waals surface area contributed by atoms with E-state index in [1.807, 2.05) is 14.1 Å². The third kappa shape index (κ3) is 4.70. The Kier molecular flexibility index (Phi) is 7.74. The van der Waals surface area contributed by atoms with Gasteiger partial charge in [-0.3, -0.25) is 14.7 Å². The van der Waals surface area contributed by atoms with Crippen molar-refractivity contribution in [3.05, 3.63) is 0 Å². The van der Waals surface area contributed by atoms with E-state index in [1.165, 1.54) is 6.42 Å². The van der Waals surface area contributed by atoms with Crippen LogP contribution < -0.4 is 5.32 Å². The van der Waals surface area contributed by atoms with Crippen LogP contribution in [0.2, 0.25) is 0 Å². The van der Waals surface area contributed by atoms with E-state index in [0.717, 1.165) is 64.4 Å². The second-order valence-corrected chi connectivity index (χ2v) is 7.97. The Labute approximate surface area is 160 Å². The fourth-order valence-corrected chi connectivity index (χ4v) is 4.59. The van der Waals surface area contributed by atoms with Gasteiger partial charge in [0.25, 0.3) is 0 Å². The summed E-state index contributed by atoms with van der Waals surface area (Å²) in [5.74, 6) is 1.23. The average molecular weight is 366 g/mol. The molecule has 2 aliphatic rings. The third-order valence-electron chi connectivity index (χ3n) is 6.08. The van der Waals surface area contributed by atoms with E-state index in [1.54, 1.807) is 4.90 Å². The zero-order valence-electron chi connectivity index (χ0n) is 17.6. The lowest BCUT2D eigenvalue weighted by atomic mass is 9.85. The van der Waals surface area contributed by atoms with Gasteiger partial charge in [-0.25, -0.2) is 0 Å². The maximum absolute atomic E-state index is 12.8. The number of carbonyl (C=O) groups excluding carboxylic acids is 1. The first kappa shape index (κ1) is 21.0. The lowest BCUT2D eigenvalue weighted by Crippen LogP contribution is -2.45. The Hall–Kier alpha value is -1.30. The summed E-state index contributed by atoms with van der Waals surface area (Å²) in [5.41, 5.74) is -0.290. The van der Waals surface area contributed by atoms with Crippen molar-refractivity contribution in [1.82, 2.24) is 20.0 Å². The molecule has 1 aliphatic carbocycles. The van der Waals surface area contributed by atoms with Gasteiger partial charge in [0.05, 0.1) is 12.0 Å². The third-order valence-corrected chi connectivity index (χ3v) is 6.08. The SMILES string of the molecule is CCNC(=NCC1(C(=O)N(C)C)CCCC1)N1CCC(N(CC)CC)C1. The van der Waals surface area contributed by atoms with Gasteiger partial charge >= 0.3 is 0 Å². The van der Waals surface area contributed by atoms with Crippen LogP contribution in [0, 0.1) is 5.41 Å². The van der Waals surface area contributed by atoms with Gasteiger partial charge in [-0.05, 0) is 39.3 Å². The lowest BCUT2D eigenvalue weighted by Gasteiger charge is -2.30.